The van der Waals surface area contributed by atoms with E-state index in [0.717, 1.165) is 0 Å². The minimum Gasteiger partial charge on any atom is -0.490 e. The van der Waals surface area contributed by atoms with E-state index in [0.29, 0.717) is 5.75 Å². The minimum absolute atomic E-state index is 0.184. The van der Waals surface area contributed by atoms with E-state index in [9.17, 15) is 8.78 Å². The summed E-state index contributed by atoms with van der Waals surface area (Å²) in [5, 5.41) is 0.368. The largest absolute Gasteiger partial charge is 0.490 e. The predicted molar refractivity (Wildman–Crippen MR) is 52.9 cm³/mol. The maximum atomic E-state index is 12.5. The van der Waals surface area contributed by atoms with Gasteiger partial charge in [-0.05, 0) is 0 Å². The molecule has 0 spiro atoms. The molecule has 2 nitrogen and oxygen atoms in total. The number of hydrogen-bond acceptors (Lipinski definition) is 2. The van der Waals surface area contributed by atoms with Gasteiger partial charge >= 0.3 is 0 Å². The van der Waals surface area contributed by atoms with Crippen molar-refractivity contribution >= 4 is 23.2 Å². The molecule has 1 heterocycles. The van der Waals surface area contributed by atoms with Crippen LogP contribution in [0.5, 0.6) is 5.75 Å². The minimum atomic E-state index is -2.59. The second kappa shape index (κ2) is 3.76. The van der Waals surface area contributed by atoms with E-state index in [-0.39, 0.29) is 23.1 Å². The molecule has 0 N–H and O–H groups in total. The van der Waals surface area contributed by atoms with Crippen molar-refractivity contribution in [1.82, 2.24) is 4.98 Å². The van der Waals surface area contributed by atoms with Gasteiger partial charge in [0.1, 0.15) is 22.2 Å². The second-order valence-electron chi connectivity index (χ2n) is 3.45. The average molecular weight is 254 g/mol. The zero-order valence-corrected chi connectivity index (χ0v) is 9.03. The van der Waals surface area contributed by atoms with Crippen LogP contribution in [0, 0.1) is 0 Å². The topological polar surface area (TPSA) is 22.1 Å². The number of ether oxygens (including phenoxy) is 1. The Morgan fingerprint density at radius 1 is 1.27 bits per heavy atom. The van der Waals surface area contributed by atoms with Crippen molar-refractivity contribution in [2.75, 3.05) is 0 Å². The summed E-state index contributed by atoms with van der Waals surface area (Å²) in [5.41, 5.74) is 0. The van der Waals surface area contributed by atoms with E-state index in [1.807, 2.05) is 0 Å². The lowest BCUT2D eigenvalue weighted by atomic mass is 9.91. The van der Waals surface area contributed by atoms with Gasteiger partial charge in [-0.15, -0.1) is 0 Å². The van der Waals surface area contributed by atoms with Gasteiger partial charge in [0.15, 0.2) is 0 Å². The third-order valence-corrected chi connectivity index (χ3v) is 2.48. The summed E-state index contributed by atoms with van der Waals surface area (Å²) in [4.78, 5) is 3.72. The van der Waals surface area contributed by atoms with Crippen LogP contribution in [0.1, 0.15) is 12.8 Å². The molecule has 0 saturated heterocycles. The van der Waals surface area contributed by atoms with Crippen LogP contribution in [0.4, 0.5) is 8.78 Å². The third kappa shape index (κ3) is 2.69. The fourth-order valence-electron chi connectivity index (χ4n) is 1.39. The highest BCUT2D eigenvalue weighted by atomic mass is 35.5. The quantitative estimate of drug-likeness (QED) is 0.752. The van der Waals surface area contributed by atoms with Crippen molar-refractivity contribution in [2.45, 2.75) is 24.9 Å². The first-order valence-electron chi connectivity index (χ1n) is 4.32. The van der Waals surface area contributed by atoms with Gasteiger partial charge in [0.05, 0.1) is 0 Å². The Morgan fingerprint density at radius 2 is 1.80 bits per heavy atom. The Bertz CT molecular complexity index is 358. The van der Waals surface area contributed by atoms with Crippen molar-refractivity contribution in [3.63, 3.8) is 0 Å². The summed E-state index contributed by atoms with van der Waals surface area (Å²) in [6, 6.07) is 2.90. The summed E-state index contributed by atoms with van der Waals surface area (Å²) in [7, 11) is 0. The maximum absolute atomic E-state index is 12.5. The van der Waals surface area contributed by atoms with Crippen molar-refractivity contribution in [3.8, 4) is 5.75 Å². The van der Waals surface area contributed by atoms with E-state index in [4.69, 9.17) is 27.9 Å². The van der Waals surface area contributed by atoms with Crippen molar-refractivity contribution in [3.05, 3.63) is 22.4 Å². The summed E-state index contributed by atoms with van der Waals surface area (Å²) < 4.78 is 30.3. The number of hydrogen-bond donors (Lipinski definition) is 0. The number of pyridine rings is 1. The monoisotopic (exact) mass is 253 g/mol. The molecule has 0 atom stereocenters. The molecule has 0 aliphatic heterocycles. The summed E-state index contributed by atoms with van der Waals surface area (Å²) >= 11 is 11.3. The van der Waals surface area contributed by atoms with Gasteiger partial charge < -0.3 is 4.74 Å². The molecule has 0 unspecified atom stereocenters. The van der Waals surface area contributed by atoms with E-state index in [2.05, 4.69) is 4.98 Å². The number of rotatable bonds is 2. The first-order valence-corrected chi connectivity index (χ1v) is 5.08. The fraction of sp³-hybridized carbons (Fsp3) is 0.444. The van der Waals surface area contributed by atoms with E-state index in [1.54, 1.807) is 0 Å². The highest BCUT2D eigenvalue weighted by Crippen LogP contribution is 2.40. The molecule has 1 aromatic rings. The van der Waals surface area contributed by atoms with Crippen LogP contribution in [-0.4, -0.2) is 17.0 Å². The van der Waals surface area contributed by atoms with Crippen LogP contribution in [0.3, 0.4) is 0 Å². The van der Waals surface area contributed by atoms with Gasteiger partial charge in [0.25, 0.3) is 5.92 Å². The molecule has 15 heavy (non-hydrogen) atoms. The molecule has 82 valence electrons. The first kappa shape index (κ1) is 10.9. The van der Waals surface area contributed by atoms with Crippen molar-refractivity contribution < 1.29 is 13.5 Å². The lowest BCUT2D eigenvalue weighted by Gasteiger charge is -2.34. The standard InChI is InChI=1S/C9H7Cl2F2NO/c10-7-1-5(2-8(11)14-7)15-6-3-9(12,13)4-6/h1-2,6H,3-4H2. The van der Waals surface area contributed by atoms with Crippen LogP contribution in [0.15, 0.2) is 12.1 Å². The Balaban J connectivity index is 2.00. The van der Waals surface area contributed by atoms with E-state index >= 15 is 0 Å². The van der Waals surface area contributed by atoms with Crippen molar-refractivity contribution in [1.29, 1.82) is 0 Å². The molecule has 0 bridgehead atoms. The van der Waals surface area contributed by atoms with Gasteiger partial charge in [0, 0.05) is 25.0 Å². The number of aromatic nitrogens is 1. The molecule has 1 fully saturated rings. The molecule has 0 radical (unpaired) electrons. The van der Waals surface area contributed by atoms with Gasteiger partial charge in [-0.1, -0.05) is 23.2 Å². The normalized spacial score (nSPS) is 19.7. The summed E-state index contributed by atoms with van der Waals surface area (Å²) in [6.45, 7) is 0. The third-order valence-electron chi connectivity index (χ3n) is 2.09. The highest BCUT2D eigenvalue weighted by molar-refractivity contribution is 6.32. The number of halogens is 4. The SMILES string of the molecule is FC1(F)CC(Oc2cc(Cl)nc(Cl)c2)C1. The second-order valence-corrected chi connectivity index (χ2v) is 4.23. The van der Waals surface area contributed by atoms with Crippen LogP contribution in [0.2, 0.25) is 10.3 Å². The van der Waals surface area contributed by atoms with Gasteiger partial charge in [-0.2, -0.15) is 0 Å². The smallest absolute Gasteiger partial charge is 0.255 e. The zero-order valence-electron chi connectivity index (χ0n) is 7.51. The molecular weight excluding hydrogens is 247 g/mol. The van der Waals surface area contributed by atoms with E-state index < -0.39 is 12.0 Å². The van der Waals surface area contributed by atoms with Gasteiger partial charge in [-0.3, -0.25) is 0 Å². The fourth-order valence-corrected chi connectivity index (χ4v) is 1.83. The maximum Gasteiger partial charge on any atom is 0.255 e. The Hall–Kier alpha value is -0.610. The summed E-state index contributed by atoms with van der Waals surface area (Å²) in [6.07, 6.45) is -0.982. The first-order chi connectivity index (χ1) is 6.94. The van der Waals surface area contributed by atoms with Gasteiger partial charge in [0.2, 0.25) is 0 Å². The molecule has 0 aromatic carbocycles. The molecule has 1 aliphatic carbocycles. The van der Waals surface area contributed by atoms with E-state index in [1.165, 1.54) is 12.1 Å². The molecule has 6 heteroatoms. The number of nitrogens with zero attached hydrogens (tertiary/aromatic N) is 1. The van der Waals surface area contributed by atoms with Crippen molar-refractivity contribution in [2.24, 2.45) is 0 Å². The predicted octanol–water partition coefficient (Wildman–Crippen LogP) is 3.56. The molecule has 0 amide bonds. The lowest BCUT2D eigenvalue weighted by molar-refractivity contribution is -0.134. The Labute approximate surface area is 95.2 Å². The lowest BCUT2D eigenvalue weighted by Crippen LogP contribution is -2.43. The highest BCUT2D eigenvalue weighted by Gasteiger charge is 2.47. The molecule has 2 rings (SSSR count). The average Bonchev–Trinajstić information content (AvgIpc) is 1.97. The molecule has 1 saturated carbocycles. The zero-order chi connectivity index (χ0) is 11.1. The van der Waals surface area contributed by atoms with Crippen LogP contribution < -0.4 is 4.74 Å². The van der Waals surface area contributed by atoms with Gasteiger partial charge in [-0.25, -0.2) is 13.8 Å². The van der Waals surface area contributed by atoms with Crippen LogP contribution >= 0.6 is 23.2 Å². The Kier molecular flexibility index (Phi) is 2.73. The molecule has 1 aromatic heterocycles. The molecule has 1 aliphatic rings. The molecular formula is C9H7Cl2F2NO. The van der Waals surface area contributed by atoms with Crippen LogP contribution in [-0.2, 0) is 0 Å². The Morgan fingerprint density at radius 3 is 2.27 bits per heavy atom. The number of alkyl halides is 2. The van der Waals surface area contributed by atoms with Crippen LogP contribution in [0.25, 0.3) is 0 Å². The summed E-state index contributed by atoms with van der Waals surface area (Å²) in [5.74, 6) is -2.22.